The highest BCUT2D eigenvalue weighted by Crippen LogP contribution is 2.15. The van der Waals surface area contributed by atoms with E-state index in [9.17, 15) is 18.0 Å². The molecule has 0 spiro atoms. The van der Waals surface area contributed by atoms with E-state index in [-0.39, 0.29) is 17.1 Å². The number of benzene rings is 1. The van der Waals surface area contributed by atoms with Gasteiger partial charge in [-0.3, -0.25) is 4.79 Å². The molecule has 0 aliphatic carbocycles. The minimum absolute atomic E-state index is 0.0675. The van der Waals surface area contributed by atoms with Crippen molar-refractivity contribution >= 4 is 21.7 Å². The zero-order valence-corrected chi connectivity index (χ0v) is 15.2. The van der Waals surface area contributed by atoms with Crippen molar-refractivity contribution in [3.63, 3.8) is 0 Å². The van der Waals surface area contributed by atoms with Crippen molar-refractivity contribution in [2.75, 3.05) is 24.7 Å². The number of esters is 1. The number of hydrogen-bond acceptors (Lipinski definition) is 6. The Hall–Kier alpha value is -2.09. The van der Waals surface area contributed by atoms with Gasteiger partial charge >= 0.3 is 5.97 Å². The van der Waals surface area contributed by atoms with Crippen molar-refractivity contribution in [2.45, 2.75) is 26.3 Å². The first-order valence-corrected chi connectivity index (χ1v) is 9.97. The lowest BCUT2D eigenvalue weighted by Gasteiger charge is -2.12. The molecule has 25 heavy (non-hydrogen) atoms. The molecule has 0 bridgehead atoms. The van der Waals surface area contributed by atoms with Crippen LogP contribution in [0, 0.1) is 5.92 Å². The number of carbonyl (C=O) groups excluding carboxylic acids is 2. The van der Waals surface area contributed by atoms with E-state index in [1.807, 2.05) is 13.8 Å². The fourth-order valence-corrected chi connectivity index (χ4v) is 4.04. The van der Waals surface area contributed by atoms with E-state index in [1.54, 1.807) is 24.3 Å². The maximum Gasteiger partial charge on any atom is 0.338 e. The molecule has 1 saturated heterocycles. The van der Waals surface area contributed by atoms with Gasteiger partial charge in [0.2, 0.25) is 0 Å². The second-order valence-corrected chi connectivity index (χ2v) is 8.71. The molecule has 1 heterocycles. The smallest absolute Gasteiger partial charge is 0.338 e. The van der Waals surface area contributed by atoms with Crippen molar-refractivity contribution in [2.24, 2.45) is 5.92 Å². The predicted octanol–water partition coefficient (Wildman–Crippen LogP) is 1.18. The van der Waals surface area contributed by atoms with Crippen molar-refractivity contribution in [3.05, 3.63) is 29.8 Å². The number of amides is 1. The van der Waals surface area contributed by atoms with Crippen LogP contribution >= 0.6 is 0 Å². The van der Waals surface area contributed by atoms with Crippen LogP contribution in [0.3, 0.4) is 0 Å². The summed E-state index contributed by atoms with van der Waals surface area (Å²) in [4.78, 5) is 23.8. The summed E-state index contributed by atoms with van der Waals surface area (Å²) in [5.41, 5.74) is 0.289. The van der Waals surface area contributed by atoms with Crippen molar-refractivity contribution < 1.29 is 27.5 Å². The van der Waals surface area contributed by atoms with Crippen LogP contribution in [-0.4, -0.2) is 51.1 Å². The Kier molecular flexibility index (Phi) is 6.41. The lowest BCUT2D eigenvalue weighted by atomic mass is 10.2. The van der Waals surface area contributed by atoms with Crippen LogP contribution in [0.4, 0.5) is 0 Å². The highest BCUT2D eigenvalue weighted by atomic mass is 32.2. The maximum absolute atomic E-state index is 12.0. The van der Waals surface area contributed by atoms with Gasteiger partial charge in [0, 0.05) is 6.04 Å². The lowest BCUT2D eigenvalue weighted by Crippen LogP contribution is -2.38. The first-order chi connectivity index (χ1) is 11.7. The van der Waals surface area contributed by atoms with Crippen LogP contribution in [0.25, 0.3) is 0 Å². The molecule has 0 unspecified atom stereocenters. The molecular formula is C17H23NO6S. The molecule has 0 radical (unpaired) electrons. The van der Waals surface area contributed by atoms with Crippen LogP contribution in [-0.2, 0) is 19.4 Å². The number of rotatable bonds is 7. The monoisotopic (exact) mass is 369 g/mol. The third-order valence-corrected chi connectivity index (χ3v) is 5.35. The SMILES string of the molecule is CC(C)COc1cccc(C(=O)OCC(=O)N[C@@H]2CCS(=O)(=O)C2)c1. The van der Waals surface area contributed by atoms with Crippen LogP contribution in [0.2, 0.25) is 0 Å². The quantitative estimate of drug-likeness (QED) is 0.725. The minimum atomic E-state index is -3.07. The van der Waals surface area contributed by atoms with Gasteiger partial charge in [-0.25, -0.2) is 13.2 Å². The normalized spacial score (nSPS) is 18.8. The molecule has 7 nitrogen and oxygen atoms in total. The molecule has 0 aromatic heterocycles. The largest absolute Gasteiger partial charge is 0.493 e. The molecule has 1 aliphatic heterocycles. The number of hydrogen-bond donors (Lipinski definition) is 1. The number of carbonyl (C=O) groups is 2. The number of ether oxygens (including phenoxy) is 2. The van der Waals surface area contributed by atoms with Gasteiger partial charge < -0.3 is 14.8 Å². The van der Waals surface area contributed by atoms with Gasteiger partial charge in [0.25, 0.3) is 5.91 Å². The summed E-state index contributed by atoms with van der Waals surface area (Å²) < 4.78 is 33.2. The van der Waals surface area contributed by atoms with Gasteiger partial charge in [0.05, 0.1) is 23.7 Å². The van der Waals surface area contributed by atoms with E-state index in [4.69, 9.17) is 9.47 Å². The topological polar surface area (TPSA) is 98.8 Å². The molecule has 1 aliphatic rings. The minimum Gasteiger partial charge on any atom is -0.493 e. The Morgan fingerprint density at radius 1 is 1.32 bits per heavy atom. The molecule has 1 fully saturated rings. The number of sulfone groups is 1. The molecule has 1 N–H and O–H groups in total. The van der Waals surface area contributed by atoms with E-state index in [1.165, 1.54) is 0 Å². The molecule has 1 aromatic carbocycles. The average Bonchev–Trinajstić information content (AvgIpc) is 2.89. The fraction of sp³-hybridized carbons (Fsp3) is 0.529. The third kappa shape index (κ3) is 6.38. The van der Waals surface area contributed by atoms with E-state index in [2.05, 4.69) is 5.32 Å². The van der Waals surface area contributed by atoms with E-state index >= 15 is 0 Å². The van der Waals surface area contributed by atoms with Gasteiger partial charge in [-0.15, -0.1) is 0 Å². The summed E-state index contributed by atoms with van der Waals surface area (Å²) in [6.45, 7) is 4.12. The molecule has 2 rings (SSSR count). The lowest BCUT2D eigenvalue weighted by molar-refractivity contribution is -0.124. The Morgan fingerprint density at radius 3 is 2.72 bits per heavy atom. The van der Waals surface area contributed by atoms with Gasteiger partial charge in [-0.1, -0.05) is 19.9 Å². The molecule has 1 aromatic rings. The highest BCUT2D eigenvalue weighted by molar-refractivity contribution is 7.91. The van der Waals surface area contributed by atoms with Crippen LogP contribution in [0.15, 0.2) is 24.3 Å². The van der Waals surface area contributed by atoms with Gasteiger partial charge in [-0.05, 0) is 30.5 Å². The maximum atomic E-state index is 12.0. The van der Waals surface area contributed by atoms with Crippen molar-refractivity contribution in [1.82, 2.24) is 5.32 Å². The van der Waals surface area contributed by atoms with Gasteiger partial charge in [0.15, 0.2) is 16.4 Å². The standard InChI is InChI=1S/C17H23NO6S/c1-12(2)9-23-15-5-3-4-13(8-15)17(20)24-10-16(19)18-14-6-7-25(21,22)11-14/h3-5,8,12,14H,6-7,9-11H2,1-2H3,(H,18,19)/t14-/m1/s1. The molecule has 0 saturated carbocycles. The van der Waals surface area contributed by atoms with E-state index in [0.717, 1.165) is 0 Å². The highest BCUT2D eigenvalue weighted by Gasteiger charge is 2.29. The zero-order chi connectivity index (χ0) is 18.4. The molecule has 8 heteroatoms. The molecular weight excluding hydrogens is 346 g/mol. The summed E-state index contributed by atoms with van der Waals surface area (Å²) >= 11 is 0. The summed E-state index contributed by atoms with van der Waals surface area (Å²) in [5, 5.41) is 2.57. The van der Waals surface area contributed by atoms with E-state index in [0.29, 0.717) is 24.7 Å². The molecule has 1 amide bonds. The van der Waals surface area contributed by atoms with Crippen molar-refractivity contribution in [1.29, 1.82) is 0 Å². The molecule has 1 atom stereocenters. The van der Waals surface area contributed by atoms with Crippen LogP contribution in [0.1, 0.15) is 30.6 Å². The summed E-state index contributed by atoms with van der Waals surface area (Å²) in [7, 11) is -3.07. The Morgan fingerprint density at radius 2 is 2.08 bits per heavy atom. The summed E-state index contributed by atoms with van der Waals surface area (Å²) in [6, 6.07) is 6.14. The van der Waals surface area contributed by atoms with E-state index < -0.39 is 34.4 Å². The summed E-state index contributed by atoms with van der Waals surface area (Å²) in [6.07, 6.45) is 0.386. The second-order valence-electron chi connectivity index (χ2n) is 6.48. The Bertz CT molecular complexity index is 728. The predicted molar refractivity (Wildman–Crippen MR) is 92.3 cm³/mol. The molecule has 138 valence electrons. The first-order valence-electron chi connectivity index (χ1n) is 8.15. The van der Waals surface area contributed by atoms with Gasteiger partial charge in [0.1, 0.15) is 5.75 Å². The first kappa shape index (κ1) is 19.2. The summed E-state index contributed by atoms with van der Waals surface area (Å²) in [5.74, 6) is -0.225. The zero-order valence-electron chi connectivity index (χ0n) is 14.4. The van der Waals surface area contributed by atoms with Crippen molar-refractivity contribution in [3.8, 4) is 5.75 Å². The van der Waals surface area contributed by atoms with Gasteiger partial charge in [-0.2, -0.15) is 0 Å². The third-order valence-electron chi connectivity index (χ3n) is 3.58. The fourth-order valence-electron chi connectivity index (χ4n) is 2.37. The second kappa shape index (κ2) is 8.33. The van der Waals surface area contributed by atoms with Crippen LogP contribution < -0.4 is 10.1 Å². The Labute approximate surface area is 147 Å². The number of nitrogens with one attached hydrogen (secondary N) is 1. The Balaban J connectivity index is 1.81. The van der Waals surface area contributed by atoms with Crippen LogP contribution in [0.5, 0.6) is 5.75 Å². The average molecular weight is 369 g/mol.